The van der Waals surface area contributed by atoms with Crippen molar-refractivity contribution in [3.63, 3.8) is 0 Å². The van der Waals surface area contributed by atoms with E-state index in [1.165, 1.54) is 0 Å². The Kier molecular flexibility index (Phi) is 5.31. The van der Waals surface area contributed by atoms with E-state index in [1.54, 1.807) is 0 Å². The van der Waals surface area contributed by atoms with Gasteiger partial charge in [-0.2, -0.15) is 0 Å². The van der Waals surface area contributed by atoms with Crippen molar-refractivity contribution in [3.05, 3.63) is 30.1 Å². The van der Waals surface area contributed by atoms with Crippen molar-refractivity contribution >= 4 is 0 Å². The smallest absolute Gasteiger partial charge is 0.0671 e. The molecule has 2 N–H and O–H groups in total. The minimum atomic E-state index is 0.0820. The number of rotatable bonds is 5. The molecule has 0 radical (unpaired) electrons. The van der Waals surface area contributed by atoms with Gasteiger partial charge in [0.15, 0.2) is 0 Å². The van der Waals surface area contributed by atoms with E-state index in [9.17, 15) is 0 Å². The van der Waals surface area contributed by atoms with Crippen LogP contribution in [0.25, 0.3) is 0 Å². The summed E-state index contributed by atoms with van der Waals surface area (Å²) in [6, 6.07) is 6.35. The SMILES string of the molecule is CCOC1CCN(C(c2ccccn2)C(C)N)CC1. The second-order valence-electron chi connectivity index (χ2n) is 5.25. The first-order chi connectivity index (χ1) is 9.22. The summed E-state index contributed by atoms with van der Waals surface area (Å²) in [5.41, 5.74) is 7.26. The molecule has 4 heteroatoms. The molecule has 1 fully saturated rings. The van der Waals surface area contributed by atoms with E-state index in [0.717, 1.165) is 38.2 Å². The Bertz CT molecular complexity index is 361. The van der Waals surface area contributed by atoms with Crippen molar-refractivity contribution < 1.29 is 4.74 Å². The van der Waals surface area contributed by atoms with E-state index >= 15 is 0 Å². The normalized spacial score (nSPS) is 21.2. The second-order valence-corrected chi connectivity index (χ2v) is 5.25. The van der Waals surface area contributed by atoms with Crippen molar-refractivity contribution in [1.29, 1.82) is 0 Å². The quantitative estimate of drug-likeness (QED) is 0.882. The van der Waals surface area contributed by atoms with Gasteiger partial charge >= 0.3 is 0 Å². The van der Waals surface area contributed by atoms with Gasteiger partial charge in [-0.15, -0.1) is 0 Å². The number of nitrogens with two attached hydrogens (primary N) is 1. The Morgan fingerprint density at radius 3 is 2.68 bits per heavy atom. The zero-order chi connectivity index (χ0) is 13.7. The van der Waals surface area contributed by atoms with Crippen LogP contribution in [-0.2, 0) is 4.74 Å². The largest absolute Gasteiger partial charge is 0.378 e. The lowest BCUT2D eigenvalue weighted by Gasteiger charge is -2.38. The zero-order valence-corrected chi connectivity index (χ0v) is 12.0. The highest BCUT2D eigenvalue weighted by Crippen LogP contribution is 2.26. The summed E-state index contributed by atoms with van der Waals surface area (Å²) in [6.45, 7) is 7.00. The maximum absolute atomic E-state index is 6.18. The topological polar surface area (TPSA) is 51.4 Å². The first-order valence-corrected chi connectivity index (χ1v) is 7.24. The van der Waals surface area contributed by atoms with Crippen LogP contribution < -0.4 is 5.73 Å². The van der Waals surface area contributed by atoms with Gasteiger partial charge in [0.1, 0.15) is 0 Å². The summed E-state index contributed by atoms with van der Waals surface area (Å²) in [5, 5.41) is 0. The number of hydrogen-bond donors (Lipinski definition) is 1. The molecule has 0 saturated carbocycles. The number of pyridine rings is 1. The van der Waals surface area contributed by atoms with E-state index in [2.05, 4.69) is 29.8 Å². The minimum Gasteiger partial charge on any atom is -0.378 e. The lowest BCUT2D eigenvalue weighted by atomic mass is 9.99. The average molecular weight is 263 g/mol. The molecule has 2 atom stereocenters. The van der Waals surface area contributed by atoms with Crippen molar-refractivity contribution in [3.8, 4) is 0 Å². The average Bonchev–Trinajstić information content (AvgIpc) is 2.42. The Labute approximate surface area is 116 Å². The molecule has 0 spiro atoms. The summed E-state index contributed by atoms with van der Waals surface area (Å²) in [5.74, 6) is 0. The molecule has 1 saturated heterocycles. The highest BCUT2D eigenvalue weighted by molar-refractivity contribution is 5.11. The molecule has 1 aliphatic rings. The number of nitrogens with zero attached hydrogens (tertiary/aromatic N) is 2. The van der Waals surface area contributed by atoms with Crippen LogP contribution in [-0.4, -0.2) is 41.7 Å². The molecular formula is C15H25N3O. The zero-order valence-electron chi connectivity index (χ0n) is 12.0. The highest BCUT2D eigenvalue weighted by Gasteiger charge is 2.29. The van der Waals surface area contributed by atoms with Crippen LogP contribution >= 0.6 is 0 Å². The Morgan fingerprint density at radius 1 is 1.42 bits per heavy atom. The van der Waals surface area contributed by atoms with Gasteiger partial charge in [-0.3, -0.25) is 9.88 Å². The molecule has 0 aromatic carbocycles. The first kappa shape index (κ1) is 14.4. The molecule has 0 aliphatic carbocycles. The number of ether oxygens (including phenoxy) is 1. The predicted molar refractivity (Wildman–Crippen MR) is 76.8 cm³/mol. The number of piperidine rings is 1. The molecule has 2 unspecified atom stereocenters. The van der Waals surface area contributed by atoms with Gasteiger partial charge in [-0.1, -0.05) is 6.07 Å². The number of hydrogen-bond acceptors (Lipinski definition) is 4. The molecule has 4 nitrogen and oxygen atoms in total. The van der Waals surface area contributed by atoms with Gasteiger partial charge < -0.3 is 10.5 Å². The van der Waals surface area contributed by atoms with Crippen LogP contribution in [0.4, 0.5) is 0 Å². The van der Waals surface area contributed by atoms with Crippen molar-refractivity contribution in [2.45, 2.75) is 44.9 Å². The summed E-state index contributed by atoms with van der Waals surface area (Å²) in [4.78, 5) is 6.92. The van der Waals surface area contributed by atoms with Gasteiger partial charge in [0.25, 0.3) is 0 Å². The third-order valence-electron chi connectivity index (χ3n) is 3.76. The molecule has 106 valence electrons. The molecule has 2 rings (SSSR count). The van der Waals surface area contributed by atoms with E-state index in [4.69, 9.17) is 10.5 Å². The molecule has 1 aromatic heterocycles. The fourth-order valence-electron chi connectivity index (χ4n) is 2.90. The van der Waals surface area contributed by atoms with Crippen molar-refractivity contribution in [1.82, 2.24) is 9.88 Å². The Balaban J connectivity index is 2.02. The molecule has 2 heterocycles. The Hall–Kier alpha value is -0.970. The summed E-state index contributed by atoms with van der Waals surface area (Å²) < 4.78 is 5.70. The van der Waals surface area contributed by atoms with E-state index in [-0.39, 0.29) is 12.1 Å². The third-order valence-corrected chi connectivity index (χ3v) is 3.76. The van der Waals surface area contributed by atoms with Crippen molar-refractivity contribution in [2.24, 2.45) is 5.73 Å². The lowest BCUT2D eigenvalue weighted by Crippen LogP contribution is -2.45. The van der Waals surface area contributed by atoms with Crippen LogP contribution in [0, 0.1) is 0 Å². The van der Waals surface area contributed by atoms with Gasteiger partial charge in [-0.25, -0.2) is 0 Å². The maximum atomic E-state index is 6.18. The standard InChI is InChI=1S/C15H25N3O/c1-3-19-13-7-10-18(11-8-13)15(12(2)16)14-6-4-5-9-17-14/h4-6,9,12-13,15H,3,7-8,10-11,16H2,1-2H3. The monoisotopic (exact) mass is 263 g/mol. The summed E-state index contributed by atoms with van der Waals surface area (Å²) >= 11 is 0. The predicted octanol–water partition coefficient (Wildman–Crippen LogP) is 1.97. The number of likely N-dealkylation sites (tertiary alicyclic amines) is 1. The van der Waals surface area contributed by atoms with Crippen LogP contribution in [0.1, 0.15) is 38.4 Å². The first-order valence-electron chi connectivity index (χ1n) is 7.24. The van der Waals surface area contributed by atoms with Crippen LogP contribution in [0.5, 0.6) is 0 Å². The van der Waals surface area contributed by atoms with Gasteiger partial charge in [-0.05, 0) is 38.8 Å². The fourth-order valence-corrected chi connectivity index (χ4v) is 2.90. The summed E-state index contributed by atoms with van der Waals surface area (Å²) in [6.07, 6.45) is 4.43. The highest BCUT2D eigenvalue weighted by atomic mass is 16.5. The number of aromatic nitrogens is 1. The van der Waals surface area contributed by atoms with E-state index in [1.807, 2.05) is 18.3 Å². The second kappa shape index (κ2) is 6.98. The minimum absolute atomic E-state index is 0.0820. The molecule has 19 heavy (non-hydrogen) atoms. The van der Waals surface area contributed by atoms with E-state index in [0.29, 0.717) is 6.10 Å². The fraction of sp³-hybridized carbons (Fsp3) is 0.667. The molecule has 0 amide bonds. The molecule has 1 aromatic rings. The van der Waals surface area contributed by atoms with Crippen molar-refractivity contribution in [2.75, 3.05) is 19.7 Å². The lowest BCUT2D eigenvalue weighted by molar-refractivity contribution is 0.000667. The van der Waals surface area contributed by atoms with Crippen LogP contribution in [0.2, 0.25) is 0 Å². The van der Waals surface area contributed by atoms with Crippen LogP contribution in [0.15, 0.2) is 24.4 Å². The van der Waals surface area contributed by atoms with E-state index < -0.39 is 0 Å². The molecule has 0 bridgehead atoms. The third kappa shape index (κ3) is 3.75. The van der Waals surface area contributed by atoms with Gasteiger partial charge in [0.2, 0.25) is 0 Å². The molecule has 1 aliphatic heterocycles. The Morgan fingerprint density at radius 2 is 2.16 bits per heavy atom. The molecular weight excluding hydrogens is 238 g/mol. The van der Waals surface area contributed by atoms with Crippen LogP contribution in [0.3, 0.4) is 0 Å². The summed E-state index contributed by atoms with van der Waals surface area (Å²) in [7, 11) is 0. The van der Waals surface area contributed by atoms with Gasteiger partial charge in [0.05, 0.1) is 17.8 Å². The van der Waals surface area contributed by atoms with Gasteiger partial charge in [0, 0.05) is 31.9 Å². The maximum Gasteiger partial charge on any atom is 0.0671 e.